The first-order valence-corrected chi connectivity index (χ1v) is 9.63. The minimum Gasteiger partial charge on any atom is -0.478 e. The van der Waals surface area contributed by atoms with Crippen molar-refractivity contribution >= 4 is 33.2 Å². The molecule has 1 saturated heterocycles. The number of likely N-dealkylation sites (N-methyl/N-ethyl adjacent to an activating group) is 1. The summed E-state index contributed by atoms with van der Waals surface area (Å²) in [5.74, 6) is -0.559. The molecule has 1 aliphatic heterocycles. The predicted octanol–water partition coefficient (Wildman–Crippen LogP) is 3.51. The molecular weight excluding hydrogens is 364 g/mol. The van der Waals surface area contributed by atoms with E-state index in [1.807, 2.05) is 24.1 Å². The van der Waals surface area contributed by atoms with Crippen LogP contribution in [0.15, 0.2) is 41.8 Å². The smallest absolute Gasteiger partial charge is 0.339 e. The first kappa shape index (κ1) is 17.9. The average Bonchev–Trinajstić information content (AvgIpc) is 3.12. The third kappa shape index (κ3) is 3.66. The molecule has 0 aliphatic carbocycles. The summed E-state index contributed by atoms with van der Waals surface area (Å²) in [4.78, 5) is 18.2. The van der Waals surface area contributed by atoms with E-state index in [0.29, 0.717) is 32.2 Å². The van der Waals surface area contributed by atoms with Gasteiger partial charge in [0.15, 0.2) is 0 Å². The van der Waals surface area contributed by atoms with Gasteiger partial charge in [-0.2, -0.15) is 0 Å². The summed E-state index contributed by atoms with van der Waals surface area (Å²) in [5, 5.41) is 12.8. The summed E-state index contributed by atoms with van der Waals surface area (Å²) in [6, 6.07) is 11.5. The van der Waals surface area contributed by atoms with Crippen molar-refractivity contribution in [2.45, 2.75) is 6.10 Å². The van der Waals surface area contributed by atoms with Crippen LogP contribution in [-0.4, -0.2) is 55.6 Å². The van der Waals surface area contributed by atoms with Crippen LogP contribution in [0.1, 0.15) is 10.4 Å². The van der Waals surface area contributed by atoms with Gasteiger partial charge >= 0.3 is 5.97 Å². The second-order valence-corrected chi connectivity index (χ2v) is 7.38. The van der Waals surface area contributed by atoms with E-state index >= 15 is 0 Å². The molecule has 1 N–H and O–H groups in total. The second-order valence-electron chi connectivity index (χ2n) is 6.47. The number of thiophene rings is 1. The summed E-state index contributed by atoms with van der Waals surface area (Å²) >= 11 is 1.66. The third-order valence-electron chi connectivity index (χ3n) is 4.59. The summed E-state index contributed by atoms with van der Waals surface area (Å²) in [5.41, 5.74) is 1.96. The lowest BCUT2D eigenvalue weighted by Gasteiger charge is -2.28. The van der Waals surface area contributed by atoms with E-state index in [0.717, 1.165) is 16.6 Å². The van der Waals surface area contributed by atoms with E-state index in [-0.39, 0.29) is 11.7 Å². The predicted molar refractivity (Wildman–Crippen MR) is 106 cm³/mol. The molecule has 0 bridgehead atoms. The fourth-order valence-corrected chi connectivity index (χ4v) is 4.22. The molecule has 1 aromatic carbocycles. The van der Waals surface area contributed by atoms with Gasteiger partial charge in [0.1, 0.15) is 11.4 Å². The zero-order valence-corrected chi connectivity index (χ0v) is 15.7. The minimum absolute atomic E-state index is 0.0992. The number of hydrogen-bond acceptors (Lipinski definition) is 6. The highest BCUT2D eigenvalue weighted by atomic mass is 32.1. The number of pyridine rings is 1. The maximum Gasteiger partial charge on any atom is 0.339 e. The molecule has 3 heterocycles. The van der Waals surface area contributed by atoms with Gasteiger partial charge in [-0.25, -0.2) is 9.78 Å². The van der Waals surface area contributed by atoms with Crippen LogP contribution in [0.4, 0.5) is 5.82 Å². The Labute approximate surface area is 161 Å². The number of carboxylic acids is 1. The molecule has 3 aromatic rings. The van der Waals surface area contributed by atoms with Crippen LogP contribution in [0.2, 0.25) is 0 Å². The van der Waals surface area contributed by atoms with Crippen molar-refractivity contribution in [3.05, 3.63) is 47.3 Å². The Morgan fingerprint density at radius 1 is 1.30 bits per heavy atom. The number of nitrogens with zero attached hydrogens (tertiary/aromatic N) is 2. The van der Waals surface area contributed by atoms with Gasteiger partial charge in [-0.05, 0) is 18.2 Å². The molecule has 2 aromatic heterocycles. The molecule has 1 aliphatic rings. The number of rotatable bonds is 5. The molecule has 1 atom stereocenters. The molecule has 7 heteroatoms. The molecule has 1 fully saturated rings. The lowest BCUT2D eigenvalue weighted by molar-refractivity contribution is -0.0837. The molecule has 140 valence electrons. The van der Waals surface area contributed by atoms with Crippen molar-refractivity contribution in [3.8, 4) is 11.3 Å². The molecular formula is C20H20N2O4S. The molecule has 0 unspecified atom stereocenters. The van der Waals surface area contributed by atoms with Gasteiger partial charge in [-0.1, -0.05) is 18.2 Å². The lowest BCUT2D eigenvalue weighted by Crippen LogP contribution is -2.39. The Morgan fingerprint density at radius 2 is 2.15 bits per heavy atom. The second kappa shape index (κ2) is 7.64. The monoisotopic (exact) mass is 384 g/mol. The van der Waals surface area contributed by atoms with E-state index in [4.69, 9.17) is 14.5 Å². The first-order valence-electron chi connectivity index (χ1n) is 8.75. The SMILES string of the molecule is CN(C[C@H]1COCCO1)c1nc(-c2csc3ccccc23)ccc1C(=O)O. The largest absolute Gasteiger partial charge is 0.478 e. The Bertz CT molecular complexity index is 966. The third-order valence-corrected chi connectivity index (χ3v) is 5.55. The van der Waals surface area contributed by atoms with Gasteiger partial charge in [0.2, 0.25) is 0 Å². The van der Waals surface area contributed by atoms with E-state index < -0.39 is 5.97 Å². The zero-order chi connectivity index (χ0) is 18.8. The first-order chi connectivity index (χ1) is 13.1. The van der Waals surface area contributed by atoms with Crippen LogP contribution < -0.4 is 4.90 Å². The molecule has 6 nitrogen and oxygen atoms in total. The topological polar surface area (TPSA) is 71.9 Å². The fraction of sp³-hybridized carbons (Fsp3) is 0.300. The van der Waals surface area contributed by atoms with E-state index in [2.05, 4.69) is 17.5 Å². The number of fused-ring (bicyclic) bond motifs is 1. The van der Waals surface area contributed by atoms with Crippen molar-refractivity contribution < 1.29 is 19.4 Å². The van der Waals surface area contributed by atoms with Gasteiger partial charge in [0.05, 0.1) is 31.6 Å². The average molecular weight is 384 g/mol. The molecule has 27 heavy (non-hydrogen) atoms. The Hall–Kier alpha value is -2.48. The fourth-order valence-electron chi connectivity index (χ4n) is 3.27. The maximum absolute atomic E-state index is 11.7. The number of aromatic nitrogens is 1. The summed E-state index contributed by atoms with van der Waals surface area (Å²) < 4.78 is 12.3. The van der Waals surface area contributed by atoms with Crippen LogP contribution >= 0.6 is 11.3 Å². The Balaban J connectivity index is 1.70. The van der Waals surface area contributed by atoms with Crippen molar-refractivity contribution in [2.75, 3.05) is 38.3 Å². The normalized spacial score (nSPS) is 17.1. The van der Waals surface area contributed by atoms with Crippen molar-refractivity contribution in [2.24, 2.45) is 0 Å². The van der Waals surface area contributed by atoms with Crippen LogP contribution in [0.3, 0.4) is 0 Å². The lowest BCUT2D eigenvalue weighted by atomic mass is 10.1. The maximum atomic E-state index is 11.7. The number of ether oxygens (including phenoxy) is 2. The van der Waals surface area contributed by atoms with Gasteiger partial charge in [0.25, 0.3) is 0 Å². The standard InChI is InChI=1S/C20H20N2O4S/c1-22(10-13-11-25-8-9-26-13)19-15(20(23)24)6-7-17(21-19)16-12-27-18-5-3-2-4-14(16)18/h2-7,12-13H,8-11H2,1H3,(H,23,24)/t13-/m0/s1. The molecule has 0 spiro atoms. The molecule has 0 radical (unpaired) electrons. The van der Waals surface area contributed by atoms with Crippen LogP contribution in [0.25, 0.3) is 21.3 Å². The van der Waals surface area contributed by atoms with E-state index in [1.165, 1.54) is 4.70 Å². The van der Waals surface area contributed by atoms with Gasteiger partial charge in [0, 0.05) is 34.6 Å². The summed E-state index contributed by atoms with van der Waals surface area (Å²) in [7, 11) is 1.84. The quantitative estimate of drug-likeness (QED) is 0.726. The highest BCUT2D eigenvalue weighted by Gasteiger charge is 2.22. The van der Waals surface area contributed by atoms with E-state index in [1.54, 1.807) is 23.5 Å². The van der Waals surface area contributed by atoms with Gasteiger partial charge in [-0.15, -0.1) is 11.3 Å². The zero-order valence-electron chi connectivity index (χ0n) is 14.9. The van der Waals surface area contributed by atoms with Crippen LogP contribution in [-0.2, 0) is 9.47 Å². The number of hydrogen-bond donors (Lipinski definition) is 1. The van der Waals surface area contributed by atoms with Crippen LogP contribution in [0.5, 0.6) is 0 Å². The van der Waals surface area contributed by atoms with Crippen molar-refractivity contribution in [3.63, 3.8) is 0 Å². The highest BCUT2D eigenvalue weighted by molar-refractivity contribution is 7.17. The Kier molecular flexibility index (Phi) is 5.07. The number of aromatic carboxylic acids is 1. The molecule has 0 amide bonds. The highest BCUT2D eigenvalue weighted by Crippen LogP contribution is 2.34. The number of carbonyl (C=O) groups is 1. The number of anilines is 1. The summed E-state index contributed by atoms with van der Waals surface area (Å²) in [6.07, 6.45) is -0.0992. The number of carboxylic acid groups (broad SMARTS) is 1. The van der Waals surface area contributed by atoms with Gasteiger partial charge < -0.3 is 19.5 Å². The summed E-state index contributed by atoms with van der Waals surface area (Å²) in [6.45, 7) is 2.17. The Morgan fingerprint density at radius 3 is 2.93 bits per heavy atom. The molecule has 0 saturated carbocycles. The van der Waals surface area contributed by atoms with Crippen LogP contribution in [0, 0.1) is 0 Å². The van der Waals surface area contributed by atoms with Crippen molar-refractivity contribution in [1.29, 1.82) is 0 Å². The van der Waals surface area contributed by atoms with E-state index in [9.17, 15) is 9.90 Å². The van der Waals surface area contributed by atoms with Gasteiger partial charge in [-0.3, -0.25) is 0 Å². The number of benzene rings is 1. The minimum atomic E-state index is -0.994. The molecule has 4 rings (SSSR count). The van der Waals surface area contributed by atoms with Crippen molar-refractivity contribution in [1.82, 2.24) is 4.98 Å².